The Bertz CT molecular complexity index is 1180. The summed E-state index contributed by atoms with van der Waals surface area (Å²) in [6.07, 6.45) is 1.88. The number of benzene rings is 2. The number of rotatable bonds is 4. The van der Waals surface area contributed by atoms with E-state index in [2.05, 4.69) is 31.7 Å². The Labute approximate surface area is 161 Å². The number of fused-ring (bicyclic) bond motifs is 1. The van der Waals surface area contributed by atoms with Crippen molar-refractivity contribution in [2.45, 2.75) is 6.54 Å². The molecule has 2 aromatic carbocycles. The number of para-hydroxylation sites is 1. The Balaban J connectivity index is 1.57. The van der Waals surface area contributed by atoms with Crippen LogP contribution in [0.5, 0.6) is 5.75 Å². The molecule has 1 N–H and O–H groups in total. The van der Waals surface area contributed by atoms with Crippen LogP contribution in [0.3, 0.4) is 0 Å². The molecule has 0 unspecified atom stereocenters. The van der Waals surface area contributed by atoms with E-state index in [1.165, 1.54) is 0 Å². The van der Waals surface area contributed by atoms with E-state index in [1.54, 1.807) is 7.11 Å². The Morgan fingerprint density at radius 3 is 2.68 bits per heavy atom. The summed E-state index contributed by atoms with van der Waals surface area (Å²) in [6.45, 7) is 0.575. The first kappa shape index (κ1) is 16.3. The van der Waals surface area contributed by atoms with E-state index in [0.29, 0.717) is 12.4 Å². The first-order chi connectivity index (χ1) is 13.8. The molecule has 1 aliphatic heterocycles. The molecule has 7 nitrogen and oxygen atoms in total. The standard InChI is InChI=1S/C21H16N6O/c1-28-19-8-3-2-7-16(19)20-17-10-15(11-22-18(17)12-23-20)13-5-4-6-14(9-13)21-24-26-27-25-21/h2-11H,12H2,1H3,(H,24,25,26,27). The number of hydrogen-bond donors (Lipinski definition) is 1. The minimum atomic E-state index is 0.562. The number of hydrogen-bond acceptors (Lipinski definition) is 6. The van der Waals surface area contributed by atoms with Crippen LogP contribution < -0.4 is 4.74 Å². The number of H-pyrrole nitrogens is 1. The molecule has 0 bridgehead atoms. The lowest BCUT2D eigenvalue weighted by atomic mass is 9.97. The molecule has 0 atom stereocenters. The summed E-state index contributed by atoms with van der Waals surface area (Å²) in [4.78, 5) is 9.37. The van der Waals surface area contributed by atoms with Gasteiger partial charge in [-0.1, -0.05) is 30.3 Å². The van der Waals surface area contributed by atoms with Gasteiger partial charge in [-0.25, -0.2) is 0 Å². The van der Waals surface area contributed by atoms with Crippen LogP contribution >= 0.6 is 0 Å². The Morgan fingerprint density at radius 2 is 1.82 bits per heavy atom. The summed E-state index contributed by atoms with van der Waals surface area (Å²) < 4.78 is 5.52. The fourth-order valence-electron chi connectivity index (χ4n) is 3.41. The van der Waals surface area contributed by atoms with Gasteiger partial charge in [0.05, 0.1) is 25.1 Å². The first-order valence-electron chi connectivity index (χ1n) is 8.85. The molecule has 136 valence electrons. The lowest BCUT2D eigenvalue weighted by Gasteiger charge is -2.10. The van der Waals surface area contributed by atoms with Crippen LogP contribution in [0.2, 0.25) is 0 Å². The maximum absolute atomic E-state index is 5.52. The summed E-state index contributed by atoms with van der Waals surface area (Å²) >= 11 is 0. The van der Waals surface area contributed by atoms with Gasteiger partial charge in [-0.15, -0.1) is 10.2 Å². The van der Waals surface area contributed by atoms with Crippen molar-refractivity contribution < 1.29 is 4.74 Å². The molecule has 0 aliphatic carbocycles. The largest absolute Gasteiger partial charge is 0.496 e. The van der Waals surface area contributed by atoms with E-state index in [9.17, 15) is 0 Å². The highest BCUT2D eigenvalue weighted by Crippen LogP contribution is 2.31. The highest BCUT2D eigenvalue weighted by atomic mass is 16.5. The lowest BCUT2D eigenvalue weighted by Crippen LogP contribution is -2.04. The summed E-state index contributed by atoms with van der Waals surface area (Å²) in [7, 11) is 1.67. The molecular weight excluding hydrogens is 352 g/mol. The van der Waals surface area contributed by atoms with Crippen molar-refractivity contribution in [3.63, 3.8) is 0 Å². The van der Waals surface area contributed by atoms with Crippen LogP contribution in [0.15, 0.2) is 65.8 Å². The molecule has 2 aromatic heterocycles. The first-order valence-corrected chi connectivity index (χ1v) is 8.85. The molecule has 0 saturated heterocycles. The van der Waals surface area contributed by atoms with Gasteiger partial charge in [0, 0.05) is 28.5 Å². The van der Waals surface area contributed by atoms with Crippen LogP contribution in [-0.4, -0.2) is 38.4 Å². The number of aliphatic imine (C=N–C) groups is 1. The quantitative estimate of drug-likeness (QED) is 0.597. The van der Waals surface area contributed by atoms with Crippen LogP contribution in [0.1, 0.15) is 16.8 Å². The third kappa shape index (κ3) is 2.73. The van der Waals surface area contributed by atoms with Crippen LogP contribution in [0.25, 0.3) is 22.5 Å². The average molecular weight is 368 g/mol. The predicted molar refractivity (Wildman–Crippen MR) is 105 cm³/mol. The number of nitrogens with zero attached hydrogens (tertiary/aromatic N) is 5. The zero-order chi connectivity index (χ0) is 18.9. The van der Waals surface area contributed by atoms with Gasteiger partial charge < -0.3 is 4.74 Å². The van der Waals surface area contributed by atoms with Gasteiger partial charge in [-0.3, -0.25) is 9.98 Å². The normalized spacial score (nSPS) is 12.5. The average Bonchev–Trinajstić information content (AvgIpc) is 3.43. The molecule has 0 radical (unpaired) electrons. The van der Waals surface area contributed by atoms with Gasteiger partial charge >= 0.3 is 0 Å². The van der Waals surface area contributed by atoms with Crippen molar-refractivity contribution in [1.82, 2.24) is 25.6 Å². The third-order valence-electron chi connectivity index (χ3n) is 4.77. The Morgan fingerprint density at radius 1 is 0.929 bits per heavy atom. The molecule has 0 saturated carbocycles. The molecule has 3 heterocycles. The van der Waals surface area contributed by atoms with E-state index in [4.69, 9.17) is 9.73 Å². The fraction of sp³-hybridized carbons (Fsp3) is 0.0952. The zero-order valence-corrected chi connectivity index (χ0v) is 15.1. The molecule has 5 rings (SSSR count). The molecule has 4 aromatic rings. The molecule has 0 fully saturated rings. The van der Waals surface area contributed by atoms with Crippen LogP contribution in [0.4, 0.5) is 0 Å². The van der Waals surface area contributed by atoms with Crippen molar-refractivity contribution in [1.29, 1.82) is 0 Å². The second-order valence-corrected chi connectivity index (χ2v) is 6.40. The summed E-state index contributed by atoms with van der Waals surface area (Å²) in [5.74, 6) is 1.37. The number of aromatic nitrogens is 5. The summed E-state index contributed by atoms with van der Waals surface area (Å²) in [6, 6.07) is 18.1. The lowest BCUT2D eigenvalue weighted by molar-refractivity contribution is 0.414. The molecule has 0 spiro atoms. The maximum atomic E-state index is 5.52. The molecule has 0 amide bonds. The second-order valence-electron chi connectivity index (χ2n) is 6.40. The smallest absolute Gasteiger partial charge is 0.204 e. The number of ether oxygens (including phenoxy) is 1. The van der Waals surface area contributed by atoms with Gasteiger partial charge in [-0.05, 0) is 35.0 Å². The molecule has 28 heavy (non-hydrogen) atoms. The molecule has 7 heteroatoms. The highest BCUT2D eigenvalue weighted by molar-refractivity contribution is 6.16. The summed E-state index contributed by atoms with van der Waals surface area (Å²) in [5, 5.41) is 14.2. The van der Waals surface area contributed by atoms with E-state index in [0.717, 1.165) is 45.0 Å². The van der Waals surface area contributed by atoms with Crippen LogP contribution in [0, 0.1) is 0 Å². The van der Waals surface area contributed by atoms with Crippen molar-refractivity contribution in [2.24, 2.45) is 4.99 Å². The fourth-order valence-corrected chi connectivity index (χ4v) is 3.41. The number of aromatic amines is 1. The predicted octanol–water partition coefficient (Wildman–Crippen LogP) is 3.29. The molecular formula is C21H16N6O. The minimum absolute atomic E-state index is 0.562. The van der Waals surface area contributed by atoms with Gasteiger partial charge in [0.15, 0.2) is 0 Å². The van der Waals surface area contributed by atoms with E-state index >= 15 is 0 Å². The monoisotopic (exact) mass is 368 g/mol. The van der Waals surface area contributed by atoms with Crippen molar-refractivity contribution >= 4 is 5.71 Å². The van der Waals surface area contributed by atoms with Crippen molar-refractivity contribution in [2.75, 3.05) is 7.11 Å². The van der Waals surface area contributed by atoms with Crippen molar-refractivity contribution in [3.05, 3.63) is 77.6 Å². The van der Waals surface area contributed by atoms with E-state index < -0.39 is 0 Å². The Hall–Kier alpha value is -3.87. The van der Waals surface area contributed by atoms with Crippen LogP contribution in [-0.2, 0) is 6.54 Å². The number of nitrogens with one attached hydrogen (secondary N) is 1. The number of tetrazole rings is 1. The van der Waals surface area contributed by atoms with Gasteiger partial charge in [0.25, 0.3) is 0 Å². The van der Waals surface area contributed by atoms with E-state index in [-0.39, 0.29) is 0 Å². The maximum Gasteiger partial charge on any atom is 0.204 e. The topological polar surface area (TPSA) is 88.9 Å². The van der Waals surface area contributed by atoms with Gasteiger partial charge in [0.2, 0.25) is 5.82 Å². The minimum Gasteiger partial charge on any atom is -0.496 e. The van der Waals surface area contributed by atoms with Crippen molar-refractivity contribution in [3.8, 4) is 28.3 Å². The Kier molecular flexibility index (Phi) is 3.90. The van der Waals surface area contributed by atoms with Gasteiger partial charge in [0.1, 0.15) is 5.75 Å². The highest BCUT2D eigenvalue weighted by Gasteiger charge is 2.22. The summed E-state index contributed by atoms with van der Waals surface area (Å²) in [5.41, 5.74) is 6.83. The van der Waals surface area contributed by atoms with E-state index in [1.807, 2.05) is 54.7 Å². The number of methoxy groups -OCH3 is 1. The SMILES string of the molecule is COc1ccccc1C1=NCc2ncc(-c3cccc(-c4nn[nH]n4)c3)cc21. The third-order valence-corrected chi connectivity index (χ3v) is 4.77. The zero-order valence-electron chi connectivity index (χ0n) is 15.1. The number of pyridine rings is 1. The van der Waals surface area contributed by atoms with Gasteiger partial charge in [-0.2, -0.15) is 5.21 Å². The second kappa shape index (κ2) is 6.70. The molecule has 1 aliphatic rings.